The van der Waals surface area contributed by atoms with Gasteiger partial charge in [-0.1, -0.05) is 29.8 Å². The highest BCUT2D eigenvalue weighted by molar-refractivity contribution is 5.99. The number of hydrogen-bond acceptors (Lipinski definition) is 2. The van der Waals surface area contributed by atoms with E-state index in [1.54, 1.807) is 4.90 Å². The van der Waals surface area contributed by atoms with Crippen LogP contribution >= 0.6 is 0 Å². The lowest BCUT2D eigenvalue weighted by molar-refractivity contribution is -0.124. The normalized spacial score (nSPS) is 16.6. The van der Waals surface area contributed by atoms with Crippen LogP contribution in [0, 0.1) is 18.6 Å². The predicted molar refractivity (Wildman–Crippen MR) is 101 cm³/mol. The van der Waals surface area contributed by atoms with Crippen molar-refractivity contribution < 1.29 is 13.6 Å². The summed E-state index contributed by atoms with van der Waals surface area (Å²) in [5.41, 5.74) is 4.81. The zero-order chi connectivity index (χ0) is 19.1. The number of fused-ring (bicyclic) bond motifs is 1. The number of carbonyl (C=O) groups excluding carboxylic acids is 1. The number of allylic oxidation sites excluding steroid dienone is 2. The van der Waals surface area contributed by atoms with Crippen LogP contribution in [0.1, 0.15) is 23.6 Å². The molecule has 0 saturated heterocycles. The Morgan fingerprint density at radius 3 is 2.44 bits per heavy atom. The number of nitrogens with zero attached hydrogens (tertiary/aromatic N) is 1. The van der Waals surface area contributed by atoms with Crippen LogP contribution in [-0.4, -0.2) is 17.4 Å². The van der Waals surface area contributed by atoms with Crippen molar-refractivity contribution in [2.24, 2.45) is 0 Å². The Morgan fingerprint density at radius 2 is 1.74 bits per heavy atom. The van der Waals surface area contributed by atoms with Crippen molar-refractivity contribution in [3.63, 3.8) is 0 Å². The molecule has 0 aliphatic carbocycles. The third kappa shape index (κ3) is 3.16. The van der Waals surface area contributed by atoms with E-state index in [0.717, 1.165) is 22.8 Å². The van der Waals surface area contributed by atoms with Crippen molar-refractivity contribution in [3.05, 3.63) is 94.3 Å². The minimum Gasteiger partial charge on any atom is -0.341 e. The van der Waals surface area contributed by atoms with Crippen LogP contribution in [0.25, 0.3) is 11.3 Å². The molecule has 4 rings (SSSR count). The Morgan fingerprint density at radius 1 is 1.00 bits per heavy atom. The van der Waals surface area contributed by atoms with Gasteiger partial charge in [0.05, 0.1) is 5.70 Å². The summed E-state index contributed by atoms with van der Waals surface area (Å²) in [6.45, 7) is 4.48. The van der Waals surface area contributed by atoms with Gasteiger partial charge in [-0.25, -0.2) is 8.78 Å². The number of rotatable bonds is 2. The first-order chi connectivity index (χ1) is 12.9. The van der Waals surface area contributed by atoms with Gasteiger partial charge in [-0.15, -0.1) is 0 Å². The molecule has 3 nitrogen and oxygen atoms in total. The molecule has 1 amide bonds. The Kier molecular flexibility index (Phi) is 4.15. The molecule has 2 aromatic rings. The Hall–Kier alpha value is -3.21. The lowest BCUT2D eigenvalue weighted by atomic mass is 9.95. The molecule has 0 spiro atoms. The van der Waals surface area contributed by atoms with Gasteiger partial charge in [-0.05, 0) is 48.8 Å². The molecule has 2 aliphatic heterocycles. The monoisotopic (exact) mass is 364 g/mol. The number of nitrogens with one attached hydrogen (secondary N) is 1. The summed E-state index contributed by atoms with van der Waals surface area (Å²) in [5, 5.41) is 3.12. The number of halogens is 2. The fourth-order valence-corrected chi connectivity index (χ4v) is 3.34. The molecule has 2 heterocycles. The summed E-state index contributed by atoms with van der Waals surface area (Å²) in [6, 6.07) is 11.5. The van der Waals surface area contributed by atoms with Crippen LogP contribution in [0.4, 0.5) is 8.78 Å². The number of benzene rings is 2. The van der Waals surface area contributed by atoms with Gasteiger partial charge in [0.2, 0.25) is 0 Å². The maximum atomic E-state index is 14.2. The summed E-state index contributed by atoms with van der Waals surface area (Å²) >= 11 is 0. The first-order valence-corrected chi connectivity index (χ1v) is 8.66. The van der Waals surface area contributed by atoms with E-state index in [9.17, 15) is 13.6 Å². The van der Waals surface area contributed by atoms with Crippen LogP contribution in [0.3, 0.4) is 0 Å². The molecular weight excluding hydrogens is 346 g/mol. The van der Waals surface area contributed by atoms with Crippen LogP contribution < -0.4 is 5.32 Å². The first kappa shape index (κ1) is 17.2. The van der Waals surface area contributed by atoms with E-state index >= 15 is 0 Å². The number of hydrogen-bond donors (Lipinski definition) is 1. The van der Waals surface area contributed by atoms with Gasteiger partial charge in [0.1, 0.15) is 17.5 Å². The SMILES string of the molecule is CC1=C(c2ccc(C)cc2)C=C2NC(c3ccc(F)cc3F)=CC(=O)N2C1. The lowest BCUT2D eigenvalue weighted by Gasteiger charge is -2.34. The quantitative estimate of drug-likeness (QED) is 0.858. The smallest absolute Gasteiger partial charge is 0.254 e. The molecule has 0 radical (unpaired) electrons. The maximum absolute atomic E-state index is 14.2. The van der Waals surface area contributed by atoms with Gasteiger partial charge in [0, 0.05) is 24.3 Å². The van der Waals surface area contributed by atoms with Crippen molar-refractivity contribution in [3.8, 4) is 0 Å². The summed E-state index contributed by atoms with van der Waals surface area (Å²) in [5.74, 6) is -1.02. The zero-order valence-corrected chi connectivity index (χ0v) is 15.0. The second-order valence-corrected chi connectivity index (χ2v) is 6.82. The molecule has 27 heavy (non-hydrogen) atoms. The molecule has 1 N–H and O–H groups in total. The highest BCUT2D eigenvalue weighted by Crippen LogP contribution is 2.31. The van der Waals surface area contributed by atoms with Gasteiger partial charge in [0.15, 0.2) is 0 Å². The van der Waals surface area contributed by atoms with Crippen LogP contribution in [0.15, 0.2) is 66.0 Å². The molecule has 2 aromatic carbocycles. The van der Waals surface area contributed by atoms with E-state index in [2.05, 4.69) is 5.32 Å². The molecule has 0 fully saturated rings. The first-order valence-electron chi connectivity index (χ1n) is 8.66. The summed E-state index contributed by atoms with van der Waals surface area (Å²) in [6.07, 6.45) is 3.24. The van der Waals surface area contributed by atoms with Crippen LogP contribution in [0.2, 0.25) is 0 Å². The molecule has 0 unspecified atom stereocenters. The Labute approximate surface area is 156 Å². The lowest BCUT2D eigenvalue weighted by Crippen LogP contribution is -2.42. The Bertz CT molecular complexity index is 1030. The molecular formula is C22H18F2N2O. The van der Waals surface area contributed by atoms with Gasteiger partial charge >= 0.3 is 0 Å². The van der Waals surface area contributed by atoms with E-state index in [0.29, 0.717) is 18.1 Å². The fourth-order valence-electron chi connectivity index (χ4n) is 3.34. The molecule has 5 heteroatoms. The second kappa shape index (κ2) is 6.50. The standard InChI is InChI=1S/C22H18F2N2O/c1-13-3-5-15(6-4-13)18-10-21-25-20(11-22(27)26(21)12-14(18)2)17-8-7-16(23)9-19(17)24/h3-11,25H,12H2,1-2H3. The van der Waals surface area contributed by atoms with Gasteiger partial charge in [-0.3, -0.25) is 9.69 Å². The van der Waals surface area contributed by atoms with Crippen molar-refractivity contribution in [1.29, 1.82) is 0 Å². The predicted octanol–water partition coefficient (Wildman–Crippen LogP) is 4.37. The highest BCUT2D eigenvalue weighted by Gasteiger charge is 2.28. The highest BCUT2D eigenvalue weighted by atomic mass is 19.1. The maximum Gasteiger partial charge on any atom is 0.254 e. The topological polar surface area (TPSA) is 32.3 Å². The fraction of sp³-hybridized carbons (Fsp3) is 0.136. The average molecular weight is 364 g/mol. The summed E-state index contributed by atoms with van der Waals surface area (Å²) in [7, 11) is 0. The van der Waals surface area contributed by atoms with Gasteiger partial charge in [-0.2, -0.15) is 0 Å². The van der Waals surface area contributed by atoms with Crippen LogP contribution in [-0.2, 0) is 4.79 Å². The van der Waals surface area contributed by atoms with Crippen molar-refractivity contribution in [2.75, 3.05) is 6.54 Å². The molecule has 2 aliphatic rings. The second-order valence-electron chi connectivity index (χ2n) is 6.82. The minimum atomic E-state index is -0.711. The van der Waals surface area contributed by atoms with E-state index in [4.69, 9.17) is 0 Å². The number of carbonyl (C=O) groups is 1. The Balaban J connectivity index is 1.72. The van der Waals surface area contributed by atoms with Crippen LogP contribution in [0.5, 0.6) is 0 Å². The summed E-state index contributed by atoms with van der Waals surface area (Å²) in [4.78, 5) is 14.2. The molecule has 0 atom stereocenters. The number of amides is 1. The average Bonchev–Trinajstić information content (AvgIpc) is 2.62. The zero-order valence-electron chi connectivity index (χ0n) is 15.0. The van der Waals surface area contributed by atoms with Crippen molar-refractivity contribution in [1.82, 2.24) is 10.2 Å². The van der Waals surface area contributed by atoms with E-state index in [-0.39, 0.29) is 11.5 Å². The molecule has 0 bridgehead atoms. The van der Waals surface area contributed by atoms with E-state index in [1.807, 2.05) is 44.2 Å². The molecule has 0 aromatic heterocycles. The third-order valence-electron chi connectivity index (χ3n) is 4.81. The van der Waals surface area contributed by atoms with E-state index in [1.165, 1.54) is 23.8 Å². The third-order valence-corrected chi connectivity index (χ3v) is 4.81. The summed E-state index contributed by atoms with van der Waals surface area (Å²) < 4.78 is 27.4. The van der Waals surface area contributed by atoms with Gasteiger partial charge < -0.3 is 5.32 Å². The molecule has 136 valence electrons. The van der Waals surface area contributed by atoms with Crippen molar-refractivity contribution >= 4 is 17.2 Å². The largest absolute Gasteiger partial charge is 0.341 e. The van der Waals surface area contributed by atoms with Gasteiger partial charge in [0.25, 0.3) is 5.91 Å². The van der Waals surface area contributed by atoms with E-state index < -0.39 is 11.6 Å². The molecule has 0 saturated carbocycles. The minimum absolute atomic E-state index is 0.161. The van der Waals surface area contributed by atoms with Crippen molar-refractivity contribution in [2.45, 2.75) is 13.8 Å². The number of aryl methyl sites for hydroxylation is 1.